The van der Waals surface area contributed by atoms with Crippen molar-refractivity contribution in [1.29, 1.82) is 0 Å². The molecule has 0 atom stereocenters. The van der Waals surface area contributed by atoms with E-state index in [-0.39, 0.29) is 5.56 Å². The Morgan fingerprint density at radius 2 is 1.82 bits per heavy atom. The number of halogens is 1. The summed E-state index contributed by atoms with van der Waals surface area (Å²) in [6, 6.07) is 5.07. The molecular weight excluding hydrogens is 298 g/mol. The molecule has 1 aromatic heterocycles. The van der Waals surface area contributed by atoms with Crippen molar-refractivity contribution in [3.63, 3.8) is 0 Å². The van der Waals surface area contributed by atoms with Gasteiger partial charge in [-0.25, -0.2) is 9.66 Å². The quantitative estimate of drug-likeness (QED) is 0.589. The van der Waals surface area contributed by atoms with Crippen molar-refractivity contribution in [3.8, 4) is 0 Å². The average Bonchev–Trinajstić information content (AvgIpc) is 2.50. The Bertz CT molecular complexity index is 681. The molecule has 0 aliphatic heterocycles. The third-order valence-electron chi connectivity index (χ3n) is 3.94. The van der Waals surface area contributed by atoms with E-state index in [4.69, 9.17) is 17.4 Å². The van der Waals surface area contributed by atoms with Gasteiger partial charge in [0.25, 0.3) is 5.56 Å². The molecule has 0 bridgehead atoms. The number of benzene rings is 1. The molecule has 0 aliphatic carbocycles. The van der Waals surface area contributed by atoms with Gasteiger partial charge in [-0.15, -0.1) is 0 Å². The Kier molecular flexibility index (Phi) is 6.25. The van der Waals surface area contributed by atoms with E-state index in [1.807, 2.05) is 0 Å². The fourth-order valence-corrected chi connectivity index (χ4v) is 2.80. The van der Waals surface area contributed by atoms with Crippen LogP contribution in [0.2, 0.25) is 5.02 Å². The molecule has 2 rings (SSSR count). The molecule has 0 amide bonds. The summed E-state index contributed by atoms with van der Waals surface area (Å²) < 4.78 is 1.17. The van der Waals surface area contributed by atoms with E-state index in [0.29, 0.717) is 21.7 Å². The number of nitrogens with zero attached hydrogens (tertiary/aromatic N) is 2. The van der Waals surface area contributed by atoms with Crippen LogP contribution >= 0.6 is 11.6 Å². The molecule has 0 spiro atoms. The summed E-state index contributed by atoms with van der Waals surface area (Å²) in [7, 11) is 0. The molecule has 22 heavy (non-hydrogen) atoms. The Morgan fingerprint density at radius 3 is 2.55 bits per heavy atom. The standard InChI is InChI=1S/C17H24ClN3O/c1-2-3-4-5-6-7-8-9-16-20-15-12-13(18)10-11-14(15)17(22)21(16)19/h10-12H,2-9,19H2,1H3. The number of unbranched alkanes of at least 4 members (excludes halogenated alkanes) is 6. The molecule has 0 aliphatic rings. The Balaban J connectivity index is 1.99. The van der Waals surface area contributed by atoms with Gasteiger partial charge in [-0.05, 0) is 24.6 Å². The zero-order valence-electron chi connectivity index (χ0n) is 13.1. The van der Waals surface area contributed by atoms with E-state index in [9.17, 15) is 4.79 Å². The number of fused-ring (bicyclic) bond motifs is 1. The van der Waals surface area contributed by atoms with E-state index < -0.39 is 0 Å². The number of aromatic nitrogens is 2. The van der Waals surface area contributed by atoms with Crippen molar-refractivity contribution in [3.05, 3.63) is 39.4 Å². The Morgan fingerprint density at radius 1 is 1.14 bits per heavy atom. The third kappa shape index (κ3) is 4.23. The SMILES string of the molecule is CCCCCCCCCc1nc2cc(Cl)ccc2c(=O)n1N. The van der Waals surface area contributed by atoms with Crippen molar-refractivity contribution >= 4 is 22.5 Å². The highest BCUT2D eigenvalue weighted by molar-refractivity contribution is 6.31. The lowest BCUT2D eigenvalue weighted by atomic mass is 10.1. The highest BCUT2D eigenvalue weighted by Crippen LogP contribution is 2.16. The van der Waals surface area contributed by atoms with Gasteiger partial charge < -0.3 is 5.84 Å². The summed E-state index contributed by atoms with van der Waals surface area (Å²) in [6.45, 7) is 2.22. The fourth-order valence-electron chi connectivity index (χ4n) is 2.63. The summed E-state index contributed by atoms with van der Waals surface area (Å²) in [6.07, 6.45) is 9.28. The highest BCUT2D eigenvalue weighted by atomic mass is 35.5. The number of hydrogen-bond acceptors (Lipinski definition) is 3. The largest absolute Gasteiger partial charge is 0.335 e. The predicted molar refractivity (Wildman–Crippen MR) is 92.9 cm³/mol. The normalized spacial score (nSPS) is 11.2. The first-order valence-electron chi connectivity index (χ1n) is 8.09. The first-order chi connectivity index (χ1) is 10.6. The second-order valence-corrected chi connectivity index (χ2v) is 6.17. The maximum absolute atomic E-state index is 12.2. The van der Waals surface area contributed by atoms with Gasteiger partial charge in [0, 0.05) is 11.4 Å². The summed E-state index contributed by atoms with van der Waals surface area (Å²) in [4.78, 5) is 16.7. The molecule has 0 radical (unpaired) electrons. The van der Waals surface area contributed by atoms with Crippen LogP contribution in [0, 0.1) is 0 Å². The Labute approximate surface area is 136 Å². The van der Waals surface area contributed by atoms with Crippen LogP contribution in [-0.4, -0.2) is 9.66 Å². The lowest BCUT2D eigenvalue weighted by molar-refractivity contribution is 0.579. The smallest absolute Gasteiger partial charge is 0.279 e. The molecule has 2 N–H and O–H groups in total. The lowest BCUT2D eigenvalue weighted by Crippen LogP contribution is -2.31. The molecule has 4 nitrogen and oxygen atoms in total. The van der Waals surface area contributed by atoms with Crippen LogP contribution in [0.1, 0.15) is 57.7 Å². The first kappa shape index (κ1) is 16.8. The third-order valence-corrected chi connectivity index (χ3v) is 4.18. The molecule has 0 fully saturated rings. The van der Waals surface area contributed by atoms with E-state index in [2.05, 4.69) is 11.9 Å². The summed E-state index contributed by atoms with van der Waals surface area (Å²) >= 11 is 5.97. The fraction of sp³-hybridized carbons (Fsp3) is 0.529. The van der Waals surface area contributed by atoms with Gasteiger partial charge in [-0.1, -0.05) is 57.0 Å². The number of aryl methyl sites for hydroxylation is 1. The van der Waals surface area contributed by atoms with E-state index in [1.54, 1.807) is 18.2 Å². The van der Waals surface area contributed by atoms with Crippen LogP contribution in [0.25, 0.3) is 10.9 Å². The van der Waals surface area contributed by atoms with Crippen LogP contribution in [0.3, 0.4) is 0 Å². The zero-order valence-corrected chi connectivity index (χ0v) is 13.9. The molecule has 120 valence electrons. The van der Waals surface area contributed by atoms with Gasteiger partial charge in [0.1, 0.15) is 5.82 Å². The summed E-state index contributed by atoms with van der Waals surface area (Å²) in [5, 5.41) is 1.09. The zero-order chi connectivity index (χ0) is 15.9. The molecule has 1 heterocycles. The molecule has 2 aromatic rings. The van der Waals surface area contributed by atoms with Crippen LogP contribution in [0.5, 0.6) is 0 Å². The van der Waals surface area contributed by atoms with Crippen molar-refractivity contribution in [2.75, 3.05) is 5.84 Å². The van der Waals surface area contributed by atoms with Crippen molar-refractivity contribution < 1.29 is 0 Å². The maximum atomic E-state index is 12.2. The van der Waals surface area contributed by atoms with Crippen molar-refractivity contribution in [2.45, 2.75) is 58.3 Å². The topological polar surface area (TPSA) is 60.9 Å². The highest BCUT2D eigenvalue weighted by Gasteiger charge is 2.09. The van der Waals surface area contributed by atoms with Gasteiger partial charge >= 0.3 is 0 Å². The molecular formula is C17H24ClN3O. The van der Waals surface area contributed by atoms with Crippen LogP contribution < -0.4 is 11.4 Å². The minimum absolute atomic E-state index is 0.209. The van der Waals surface area contributed by atoms with Crippen LogP contribution in [0.15, 0.2) is 23.0 Å². The average molecular weight is 322 g/mol. The van der Waals surface area contributed by atoms with Crippen LogP contribution in [-0.2, 0) is 6.42 Å². The van der Waals surface area contributed by atoms with Gasteiger partial charge in [0.2, 0.25) is 0 Å². The van der Waals surface area contributed by atoms with Gasteiger partial charge in [-0.2, -0.15) is 0 Å². The van der Waals surface area contributed by atoms with Crippen LogP contribution in [0.4, 0.5) is 0 Å². The van der Waals surface area contributed by atoms with E-state index in [0.717, 1.165) is 19.3 Å². The number of rotatable bonds is 8. The van der Waals surface area contributed by atoms with Gasteiger partial charge in [-0.3, -0.25) is 4.79 Å². The monoisotopic (exact) mass is 321 g/mol. The van der Waals surface area contributed by atoms with Crippen molar-refractivity contribution in [2.24, 2.45) is 0 Å². The van der Waals surface area contributed by atoms with Gasteiger partial charge in [0.15, 0.2) is 0 Å². The van der Waals surface area contributed by atoms with E-state index in [1.165, 1.54) is 36.8 Å². The second-order valence-electron chi connectivity index (χ2n) is 5.74. The lowest BCUT2D eigenvalue weighted by Gasteiger charge is -2.09. The number of hydrogen-bond donors (Lipinski definition) is 1. The van der Waals surface area contributed by atoms with Gasteiger partial charge in [0.05, 0.1) is 10.9 Å². The summed E-state index contributed by atoms with van der Waals surface area (Å²) in [5.41, 5.74) is 0.414. The minimum atomic E-state index is -0.209. The molecule has 1 aromatic carbocycles. The second kappa shape index (κ2) is 8.18. The predicted octanol–water partition coefficient (Wildman–Crippen LogP) is 4.06. The van der Waals surface area contributed by atoms with E-state index >= 15 is 0 Å². The molecule has 0 saturated heterocycles. The molecule has 5 heteroatoms. The minimum Gasteiger partial charge on any atom is -0.335 e. The number of nitrogens with two attached hydrogens (primary N) is 1. The Hall–Kier alpha value is -1.55. The summed E-state index contributed by atoms with van der Waals surface area (Å²) in [5.74, 6) is 6.51. The molecule has 0 saturated carbocycles. The number of nitrogen functional groups attached to an aromatic ring is 1. The van der Waals surface area contributed by atoms with Crippen molar-refractivity contribution in [1.82, 2.24) is 9.66 Å². The first-order valence-corrected chi connectivity index (χ1v) is 8.47. The maximum Gasteiger partial charge on any atom is 0.279 e. The molecule has 0 unspecified atom stereocenters.